The average molecular weight is 356 g/mol. The van der Waals surface area contributed by atoms with Crippen molar-refractivity contribution in [3.63, 3.8) is 0 Å². The van der Waals surface area contributed by atoms with Crippen LogP contribution in [0.25, 0.3) is 0 Å². The molecule has 4 nitrogen and oxygen atoms in total. The normalized spacial score (nSPS) is 10.2. The average Bonchev–Trinajstić information content (AvgIpc) is 2.44. The lowest BCUT2D eigenvalue weighted by Gasteiger charge is -2.11. The number of halogens is 2. The molecule has 6 heteroatoms. The summed E-state index contributed by atoms with van der Waals surface area (Å²) in [6.45, 7) is 0. The van der Waals surface area contributed by atoms with E-state index in [1.54, 1.807) is 30.3 Å². The number of esters is 1. The molecule has 0 amide bonds. The van der Waals surface area contributed by atoms with Crippen LogP contribution in [0, 0.1) is 0 Å². The number of rotatable bonds is 3. The Kier molecular flexibility index (Phi) is 4.52. The van der Waals surface area contributed by atoms with E-state index in [9.17, 15) is 4.79 Å². The Morgan fingerprint density at radius 1 is 1.30 bits per heavy atom. The van der Waals surface area contributed by atoms with Crippen LogP contribution in [0.3, 0.4) is 0 Å². The van der Waals surface area contributed by atoms with Gasteiger partial charge in [0.05, 0.1) is 18.4 Å². The molecule has 0 aliphatic heterocycles. The Morgan fingerprint density at radius 3 is 2.75 bits per heavy atom. The van der Waals surface area contributed by atoms with Gasteiger partial charge in [0, 0.05) is 20.9 Å². The van der Waals surface area contributed by atoms with Gasteiger partial charge in [0.2, 0.25) is 0 Å². The van der Waals surface area contributed by atoms with Gasteiger partial charge in [0.1, 0.15) is 0 Å². The van der Waals surface area contributed by atoms with E-state index in [1.165, 1.54) is 7.11 Å². The second kappa shape index (κ2) is 6.15. The van der Waals surface area contributed by atoms with E-state index in [2.05, 4.69) is 26.0 Å². The van der Waals surface area contributed by atoms with E-state index in [4.69, 9.17) is 17.3 Å². The van der Waals surface area contributed by atoms with Crippen LogP contribution in [0.1, 0.15) is 10.4 Å². The van der Waals surface area contributed by atoms with E-state index in [-0.39, 0.29) is 0 Å². The van der Waals surface area contributed by atoms with Gasteiger partial charge in [-0.05, 0) is 52.3 Å². The predicted molar refractivity (Wildman–Crippen MR) is 84.6 cm³/mol. The van der Waals surface area contributed by atoms with Crippen molar-refractivity contribution in [2.45, 2.75) is 0 Å². The first kappa shape index (κ1) is 14.7. The van der Waals surface area contributed by atoms with Crippen LogP contribution in [-0.4, -0.2) is 13.1 Å². The molecule has 3 N–H and O–H groups in total. The number of hydrogen-bond acceptors (Lipinski definition) is 4. The molecule has 20 heavy (non-hydrogen) atoms. The first-order valence-electron chi connectivity index (χ1n) is 5.71. The third kappa shape index (κ3) is 3.23. The minimum atomic E-state index is -0.476. The molecule has 0 aliphatic carbocycles. The lowest BCUT2D eigenvalue weighted by molar-refractivity contribution is 0.0602. The lowest BCUT2D eigenvalue weighted by Crippen LogP contribution is -2.06. The molecule has 0 radical (unpaired) electrons. The summed E-state index contributed by atoms with van der Waals surface area (Å²) in [5.74, 6) is -0.476. The summed E-state index contributed by atoms with van der Waals surface area (Å²) < 4.78 is 5.55. The monoisotopic (exact) mass is 354 g/mol. The number of nitrogen functional groups attached to an aromatic ring is 1. The summed E-state index contributed by atoms with van der Waals surface area (Å²) in [5.41, 5.74) is 7.94. The molecular weight excluding hydrogens is 344 g/mol. The Labute approximate surface area is 130 Å². The summed E-state index contributed by atoms with van der Waals surface area (Å²) in [5, 5.41) is 3.78. The zero-order valence-electron chi connectivity index (χ0n) is 10.6. The first-order chi connectivity index (χ1) is 9.51. The second-order valence-corrected chi connectivity index (χ2v) is 5.33. The fraction of sp³-hybridized carbons (Fsp3) is 0.0714. The van der Waals surface area contributed by atoms with Gasteiger partial charge >= 0.3 is 5.97 Å². The molecule has 0 spiro atoms. The maximum absolute atomic E-state index is 11.6. The second-order valence-electron chi connectivity index (χ2n) is 4.04. The molecule has 0 fully saturated rings. The number of nitrogens with one attached hydrogen (secondary N) is 1. The highest BCUT2D eigenvalue weighted by molar-refractivity contribution is 9.10. The van der Waals surface area contributed by atoms with Crippen molar-refractivity contribution < 1.29 is 9.53 Å². The van der Waals surface area contributed by atoms with Crippen LogP contribution in [-0.2, 0) is 4.74 Å². The quantitative estimate of drug-likeness (QED) is 0.639. The Bertz CT molecular complexity index is 662. The molecule has 2 aromatic rings. The largest absolute Gasteiger partial charge is 0.465 e. The Hall–Kier alpha value is -1.72. The summed E-state index contributed by atoms with van der Waals surface area (Å²) >= 11 is 9.38. The number of anilines is 3. The minimum Gasteiger partial charge on any atom is -0.465 e. The fourth-order valence-electron chi connectivity index (χ4n) is 1.67. The van der Waals surface area contributed by atoms with Crippen molar-refractivity contribution in [1.82, 2.24) is 0 Å². The molecule has 0 unspecified atom stereocenters. The summed E-state index contributed by atoms with van der Waals surface area (Å²) in [4.78, 5) is 11.6. The van der Waals surface area contributed by atoms with Crippen LogP contribution in [0.15, 0.2) is 40.9 Å². The lowest BCUT2D eigenvalue weighted by atomic mass is 10.1. The van der Waals surface area contributed by atoms with Crippen LogP contribution < -0.4 is 11.1 Å². The molecule has 0 aromatic heterocycles. The molecule has 0 atom stereocenters. The van der Waals surface area contributed by atoms with Gasteiger partial charge in [-0.1, -0.05) is 11.6 Å². The predicted octanol–water partition coefficient (Wildman–Crippen LogP) is 4.21. The number of benzene rings is 2. The molecule has 0 saturated heterocycles. The molecule has 0 aliphatic rings. The summed E-state index contributed by atoms with van der Waals surface area (Å²) in [6, 6.07) is 10.4. The smallest absolute Gasteiger partial charge is 0.340 e. The van der Waals surface area contributed by atoms with Crippen molar-refractivity contribution in [1.29, 1.82) is 0 Å². The number of carbonyl (C=O) groups excluding carboxylic acids is 1. The van der Waals surface area contributed by atoms with Crippen molar-refractivity contribution in [2.75, 3.05) is 18.2 Å². The zero-order chi connectivity index (χ0) is 14.7. The van der Waals surface area contributed by atoms with Gasteiger partial charge in [0.15, 0.2) is 0 Å². The maximum Gasteiger partial charge on any atom is 0.340 e. The van der Waals surface area contributed by atoms with Crippen LogP contribution in [0.5, 0.6) is 0 Å². The third-order valence-corrected chi connectivity index (χ3v) is 3.59. The SMILES string of the molecule is COC(=O)c1cc(Nc2cc(Cl)ccc2Br)ccc1N. The van der Waals surface area contributed by atoms with Crippen molar-refractivity contribution in [3.8, 4) is 0 Å². The number of carbonyl (C=O) groups is 1. The van der Waals surface area contributed by atoms with E-state index in [0.717, 1.165) is 10.2 Å². The maximum atomic E-state index is 11.6. The topological polar surface area (TPSA) is 64.3 Å². The van der Waals surface area contributed by atoms with Crippen LogP contribution in [0.4, 0.5) is 17.1 Å². The van der Waals surface area contributed by atoms with Crippen LogP contribution >= 0.6 is 27.5 Å². The summed E-state index contributed by atoms with van der Waals surface area (Å²) in [7, 11) is 1.31. The number of nitrogens with two attached hydrogens (primary N) is 1. The van der Waals surface area contributed by atoms with E-state index < -0.39 is 5.97 Å². The van der Waals surface area contributed by atoms with Gasteiger partial charge in [-0.25, -0.2) is 4.79 Å². The molecule has 0 heterocycles. The molecule has 0 saturated carbocycles. The highest BCUT2D eigenvalue weighted by Gasteiger charge is 2.11. The number of ether oxygens (including phenoxy) is 1. The van der Waals surface area contributed by atoms with Gasteiger partial charge in [-0.2, -0.15) is 0 Å². The fourth-order valence-corrected chi connectivity index (χ4v) is 2.19. The number of hydrogen-bond donors (Lipinski definition) is 2. The first-order valence-corrected chi connectivity index (χ1v) is 6.88. The van der Waals surface area contributed by atoms with Gasteiger partial charge in [-0.3, -0.25) is 0 Å². The minimum absolute atomic E-state index is 0.315. The Morgan fingerprint density at radius 2 is 2.05 bits per heavy atom. The van der Waals surface area contributed by atoms with Gasteiger partial charge < -0.3 is 15.8 Å². The Balaban J connectivity index is 2.34. The van der Waals surface area contributed by atoms with Crippen molar-refractivity contribution in [3.05, 3.63) is 51.5 Å². The van der Waals surface area contributed by atoms with E-state index in [1.807, 2.05) is 6.07 Å². The highest BCUT2D eigenvalue weighted by Crippen LogP contribution is 2.30. The van der Waals surface area contributed by atoms with E-state index in [0.29, 0.717) is 22.0 Å². The van der Waals surface area contributed by atoms with Gasteiger partial charge in [-0.15, -0.1) is 0 Å². The van der Waals surface area contributed by atoms with E-state index >= 15 is 0 Å². The molecule has 0 bridgehead atoms. The summed E-state index contributed by atoms with van der Waals surface area (Å²) in [6.07, 6.45) is 0. The van der Waals surface area contributed by atoms with Crippen molar-refractivity contribution >= 4 is 50.6 Å². The third-order valence-electron chi connectivity index (χ3n) is 2.67. The standard InChI is InChI=1S/C14H12BrClN2O2/c1-20-14(19)10-7-9(3-5-12(10)17)18-13-6-8(16)2-4-11(13)15/h2-7,18H,17H2,1H3. The van der Waals surface area contributed by atoms with Gasteiger partial charge in [0.25, 0.3) is 0 Å². The molecule has 2 rings (SSSR count). The van der Waals surface area contributed by atoms with Crippen molar-refractivity contribution in [2.24, 2.45) is 0 Å². The molecule has 104 valence electrons. The number of methoxy groups -OCH3 is 1. The highest BCUT2D eigenvalue weighted by atomic mass is 79.9. The molecular formula is C14H12BrClN2O2. The zero-order valence-corrected chi connectivity index (χ0v) is 13.0. The van der Waals surface area contributed by atoms with Crippen LogP contribution in [0.2, 0.25) is 5.02 Å². The molecule has 2 aromatic carbocycles.